The van der Waals surface area contributed by atoms with E-state index in [1.54, 1.807) is 4.90 Å². The molecule has 0 saturated carbocycles. The highest BCUT2D eigenvalue weighted by Crippen LogP contribution is 2.23. The molecule has 0 bridgehead atoms. The van der Waals surface area contributed by atoms with Crippen LogP contribution in [0.1, 0.15) is 43.0 Å². The van der Waals surface area contributed by atoms with E-state index in [1.165, 1.54) is 5.56 Å². The summed E-state index contributed by atoms with van der Waals surface area (Å²) in [5, 5.41) is 12.2. The molecule has 2 amide bonds. The Morgan fingerprint density at radius 3 is 2.61 bits per heavy atom. The van der Waals surface area contributed by atoms with Crippen LogP contribution >= 0.6 is 0 Å². The first-order valence-corrected chi connectivity index (χ1v) is 8.13. The number of hydrogen-bond acceptors (Lipinski definition) is 2. The van der Waals surface area contributed by atoms with Crippen molar-refractivity contribution in [1.29, 1.82) is 0 Å². The molecule has 5 nitrogen and oxygen atoms in total. The fraction of sp³-hybridized carbons (Fsp3) is 0.556. The molecule has 3 unspecified atom stereocenters. The smallest absolute Gasteiger partial charge is 0.317 e. The van der Waals surface area contributed by atoms with Gasteiger partial charge in [-0.05, 0) is 44.2 Å². The zero-order chi connectivity index (χ0) is 17.1. The van der Waals surface area contributed by atoms with Gasteiger partial charge in [-0.3, -0.25) is 4.79 Å². The number of carboxylic acid groups (broad SMARTS) is 1. The van der Waals surface area contributed by atoms with E-state index < -0.39 is 11.9 Å². The zero-order valence-corrected chi connectivity index (χ0v) is 14.3. The summed E-state index contributed by atoms with van der Waals surface area (Å²) in [6.45, 7) is 8.91. The first kappa shape index (κ1) is 17.3. The van der Waals surface area contributed by atoms with Crippen LogP contribution in [0.2, 0.25) is 0 Å². The van der Waals surface area contributed by atoms with Crippen molar-refractivity contribution in [2.24, 2.45) is 11.8 Å². The molecule has 23 heavy (non-hydrogen) atoms. The monoisotopic (exact) mass is 318 g/mol. The number of aryl methyl sites for hydroxylation is 2. The van der Waals surface area contributed by atoms with E-state index in [2.05, 4.69) is 11.4 Å². The predicted octanol–water partition coefficient (Wildman–Crippen LogP) is 3.12. The summed E-state index contributed by atoms with van der Waals surface area (Å²) in [6.07, 6.45) is 0.631. The lowest BCUT2D eigenvalue weighted by atomic mass is 9.91. The van der Waals surface area contributed by atoms with Gasteiger partial charge in [0.15, 0.2) is 0 Å². The molecule has 0 spiro atoms. The van der Waals surface area contributed by atoms with Gasteiger partial charge < -0.3 is 15.3 Å². The number of likely N-dealkylation sites (tertiary alicyclic amines) is 1. The second-order valence-corrected chi connectivity index (χ2v) is 6.81. The minimum atomic E-state index is -0.822. The van der Waals surface area contributed by atoms with Crippen LogP contribution in [-0.2, 0) is 4.79 Å². The lowest BCUT2D eigenvalue weighted by molar-refractivity contribution is -0.143. The molecule has 0 radical (unpaired) electrons. The van der Waals surface area contributed by atoms with Crippen molar-refractivity contribution in [3.63, 3.8) is 0 Å². The van der Waals surface area contributed by atoms with Gasteiger partial charge in [-0.15, -0.1) is 0 Å². The van der Waals surface area contributed by atoms with Gasteiger partial charge in [-0.1, -0.05) is 30.7 Å². The van der Waals surface area contributed by atoms with Crippen LogP contribution in [-0.4, -0.2) is 35.1 Å². The molecule has 1 aromatic rings. The van der Waals surface area contributed by atoms with E-state index in [-0.39, 0.29) is 24.5 Å². The molecule has 1 saturated heterocycles. The number of carboxylic acids is 1. The molecule has 3 atom stereocenters. The number of nitrogens with one attached hydrogen (secondary N) is 1. The summed E-state index contributed by atoms with van der Waals surface area (Å²) < 4.78 is 0. The van der Waals surface area contributed by atoms with Crippen molar-refractivity contribution in [3.05, 3.63) is 34.9 Å². The summed E-state index contributed by atoms with van der Waals surface area (Å²) in [7, 11) is 0. The highest BCUT2D eigenvalue weighted by molar-refractivity contribution is 5.77. The molecule has 1 aromatic carbocycles. The Labute approximate surface area is 137 Å². The number of amides is 2. The number of nitrogens with zero attached hydrogens (tertiary/aromatic N) is 1. The fourth-order valence-electron chi connectivity index (χ4n) is 3.36. The van der Waals surface area contributed by atoms with Gasteiger partial charge in [-0.2, -0.15) is 0 Å². The Kier molecular flexibility index (Phi) is 5.29. The molecule has 2 N–H and O–H groups in total. The standard InChI is InChI=1S/C18H26N2O3/c1-11-5-6-16(13(3)7-11)14(4)19-18(23)20-9-12(2)8-15(10-20)17(21)22/h5-7,12,14-15H,8-10H2,1-4H3,(H,19,23)(H,21,22). The Morgan fingerprint density at radius 1 is 1.30 bits per heavy atom. The third-order valence-corrected chi connectivity index (χ3v) is 4.53. The molecule has 1 heterocycles. The first-order valence-electron chi connectivity index (χ1n) is 8.13. The fourth-order valence-corrected chi connectivity index (χ4v) is 3.36. The number of aliphatic carboxylic acids is 1. The topological polar surface area (TPSA) is 69.6 Å². The number of carbonyl (C=O) groups excluding carboxylic acids is 1. The SMILES string of the molecule is Cc1ccc(C(C)NC(=O)N2CC(C)CC(C(=O)O)C2)c(C)c1. The maximum Gasteiger partial charge on any atom is 0.317 e. The maximum absolute atomic E-state index is 12.5. The molecular formula is C18H26N2O3. The average molecular weight is 318 g/mol. The van der Waals surface area contributed by atoms with Gasteiger partial charge in [0.2, 0.25) is 0 Å². The number of benzene rings is 1. The quantitative estimate of drug-likeness (QED) is 0.899. The number of piperidine rings is 1. The van der Waals surface area contributed by atoms with E-state index in [9.17, 15) is 14.7 Å². The molecule has 0 aromatic heterocycles. The molecule has 1 fully saturated rings. The van der Waals surface area contributed by atoms with Crippen molar-refractivity contribution >= 4 is 12.0 Å². The Morgan fingerprint density at radius 2 is 2.00 bits per heavy atom. The van der Waals surface area contributed by atoms with Crippen LogP contribution < -0.4 is 5.32 Å². The summed E-state index contributed by atoms with van der Waals surface area (Å²) >= 11 is 0. The number of urea groups is 1. The molecule has 126 valence electrons. The number of rotatable bonds is 3. The molecule has 2 rings (SSSR count). The van der Waals surface area contributed by atoms with E-state index >= 15 is 0 Å². The molecule has 0 aliphatic carbocycles. The van der Waals surface area contributed by atoms with Gasteiger partial charge in [0.1, 0.15) is 0 Å². The van der Waals surface area contributed by atoms with Crippen LogP contribution in [0.4, 0.5) is 4.79 Å². The van der Waals surface area contributed by atoms with Crippen LogP contribution in [0, 0.1) is 25.7 Å². The highest BCUT2D eigenvalue weighted by atomic mass is 16.4. The normalized spacial score (nSPS) is 22.5. The van der Waals surface area contributed by atoms with Crippen LogP contribution in [0.25, 0.3) is 0 Å². The average Bonchev–Trinajstić information content (AvgIpc) is 2.46. The van der Waals surface area contributed by atoms with E-state index in [0.717, 1.165) is 11.1 Å². The zero-order valence-electron chi connectivity index (χ0n) is 14.3. The van der Waals surface area contributed by atoms with Crippen molar-refractivity contribution in [3.8, 4) is 0 Å². The van der Waals surface area contributed by atoms with Gasteiger partial charge in [-0.25, -0.2) is 4.79 Å². The van der Waals surface area contributed by atoms with Gasteiger partial charge in [0.05, 0.1) is 12.0 Å². The van der Waals surface area contributed by atoms with Gasteiger partial charge in [0, 0.05) is 13.1 Å². The Balaban J connectivity index is 2.04. The minimum Gasteiger partial charge on any atom is -0.481 e. The van der Waals surface area contributed by atoms with E-state index in [0.29, 0.717) is 13.0 Å². The summed E-state index contributed by atoms with van der Waals surface area (Å²) in [6, 6.07) is 5.88. The van der Waals surface area contributed by atoms with Crippen molar-refractivity contribution in [1.82, 2.24) is 10.2 Å². The van der Waals surface area contributed by atoms with Crippen molar-refractivity contribution < 1.29 is 14.7 Å². The summed E-state index contributed by atoms with van der Waals surface area (Å²) in [5.41, 5.74) is 3.43. The van der Waals surface area contributed by atoms with Gasteiger partial charge in [0.25, 0.3) is 0 Å². The Bertz CT molecular complexity index is 600. The largest absolute Gasteiger partial charge is 0.481 e. The van der Waals surface area contributed by atoms with Gasteiger partial charge >= 0.3 is 12.0 Å². The summed E-state index contributed by atoms with van der Waals surface area (Å²) in [4.78, 5) is 25.4. The number of hydrogen-bond donors (Lipinski definition) is 2. The van der Waals surface area contributed by atoms with E-state index in [1.807, 2.05) is 39.8 Å². The molecule has 1 aliphatic rings. The second-order valence-electron chi connectivity index (χ2n) is 6.81. The highest BCUT2D eigenvalue weighted by Gasteiger charge is 2.32. The van der Waals surface area contributed by atoms with Crippen LogP contribution in [0.5, 0.6) is 0 Å². The minimum absolute atomic E-state index is 0.108. The van der Waals surface area contributed by atoms with Crippen molar-refractivity contribution in [2.75, 3.05) is 13.1 Å². The first-order chi connectivity index (χ1) is 10.8. The summed E-state index contributed by atoms with van der Waals surface area (Å²) in [5.74, 6) is -1.09. The third-order valence-electron chi connectivity index (χ3n) is 4.53. The lowest BCUT2D eigenvalue weighted by Gasteiger charge is -2.35. The van der Waals surface area contributed by atoms with E-state index in [4.69, 9.17) is 0 Å². The lowest BCUT2D eigenvalue weighted by Crippen LogP contribution is -2.49. The van der Waals surface area contributed by atoms with Crippen LogP contribution in [0.3, 0.4) is 0 Å². The number of carbonyl (C=O) groups is 2. The third kappa shape index (κ3) is 4.24. The Hall–Kier alpha value is -2.04. The molecular weight excluding hydrogens is 292 g/mol. The second kappa shape index (κ2) is 7.02. The maximum atomic E-state index is 12.5. The predicted molar refractivity (Wildman–Crippen MR) is 89.3 cm³/mol. The molecule has 1 aliphatic heterocycles. The van der Waals surface area contributed by atoms with Crippen LogP contribution in [0.15, 0.2) is 18.2 Å². The van der Waals surface area contributed by atoms with Crippen molar-refractivity contribution in [2.45, 2.75) is 40.2 Å². The molecule has 5 heteroatoms.